The van der Waals surface area contributed by atoms with Gasteiger partial charge in [-0.2, -0.15) is 0 Å². The quantitative estimate of drug-likeness (QED) is 0.821. The molecule has 1 aromatic heterocycles. The van der Waals surface area contributed by atoms with Crippen LogP contribution in [-0.4, -0.2) is 11.6 Å². The van der Waals surface area contributed by atoms with Crippen LogP contribution in [0.3, 0.4) is 0 Å². The number of thiophene rings is 1. The highest BCUT2D eigenvalue weighted by atomic mass is 32.1. The molecule has 2 rings (SSSR count). The number of esters is 1. The molecule has 106 valence electrons. The molecule has 2 N–H and O–H groups in total. The molecule has 0 aromatic carbocycles. The van der Waals surface area contributed by atoms with Gasteiger partial charge in [-0.3, -0.25) is 0 Å². The van der Waals surface area contributed by atoms with Crippen molar-refractivity contribution in [3.8, 4) is 0 Å². The van der Waals surface area contributed by atoms with Crippen LogP contribution in [0.1, 0.15) is 74.0 Å². The van der Waals surface area contributed by atoms with E-state index in [0.717, 1.165) is 0 Å². The van der Waals surface area contributed by atoms with E-state index in [9.17, 15) is 4.79 Å². The number of hydrogen-bond donors (Lipinski definition) is 1. The first-order valence-corrected chi connectivity index (χ1v) is 7.81. The average molecular weight is 281 g/mol. The maximum Gasteiger partial charge on any atom is 0.341 e. The van der Waals surface area contributed by atoms with Gasteiger partial charge in [-0.1, -0.05) is 19.3 Å². The van der Waals surface area contributed by atoms with Gasteiger partial charge in [0, 0.05) is 4.88 Å². The highest BCUT2D eigenvalue weighted by molar-refractivity contribution is 7.16. The summed E-state index contributed by atoms with van der Waals surface area (Å²) in [6, 6.07) is 1.95. The van der Waals surface area contributed by atoms with Gasteiger partial charge in [-0.25, -0.2) is 4.79 Å². The lowest BCUT2D eigenvalue weighted by molar-refractivity contribution is 0.00712. The Morgan fingerprint density at radius 1 is 1.32 bits per heavy atom. The lowest BCUT2D eigenvalue weighted by Crippen LogP contribution is -2.24. The van der Waals surface area contributed by atoms with E-state index in [1.165, 1.54) is 37.0 Å². The van der Waals surface area contributed by atoms with Gasteiger partial charge in [0.15, 0.2) is 0 Å². The van der Waals surface area contributed by atoms with Crippen LogP contribution in [0.25, 0.3) is 0 Å². The molecule has 0 amide bonds. The van der Waals surface area contributed by atoms with E-state index in [1.807, 2.05) is 26.8 Å². The fourth-order valence-corrected chi connectivity index (χ4v) is 3.59. The highest BCUT2D eigenvalue weighted by Crippen LogP contribution is 2.39. The number of carbonyl (C=O) groups is 1. The number of rotatable bonds is 2. The maximum absolute atomic E-state index is 12.1. The normalized spacial score (nSPS) is 17.4. The lowest BCUT2D eigenvalue weighted by Gasteiger charge is -2.20. The van der Waals surface area contributed by atoms with Gasteiger partial charge in [0.2, 0.25) is 0 Å². The second kappa shape index (κ2) is 5.53. The largest absolute Gasteiger partial charge is 0.456 e. The molecule has 1 aliphatic carbocycles. The van der Waals surface area contributed by atoms with Crippen molar-refractivity contribution >= 4 is 22.3 Å². The highest BCUT2D eigenvalue weighted by Gasteiger charge is 2.24. The van der Waals surface area contributed by atoms with Crippen LogP contribution in [-0.2, 0) is 4.74 Å². The number of hydrogen-bond acceptors (Lipinski definition) is 4. The molecule has 1 heterocycles. The zero-order chi connectivity index (χ0) is 14.0. The topological polar surface area (TPSA) is 52.3 Å². The molecule has 0 aliphatic heterocycles. The standard InChI is InChI=1S/C15H23NO2S/c1-15(2,3)18-14(17)11-9-12(19-13(11)16)10-7-5-4-6-8-10/h9-10H,4-8,16H2,1-3H3. The monoisotopic (exact) mass is 281 g/mol. The molecule has 0 saturated heterocycles. The third kappa shape index (κ3) is 3.72. The van der Waals surface area contributed by atoms with Gasteiger partial charge in [0.1, 0.15) is 10.6 Å². The Kier molecular flexibility index (Phi) is 4.19. The minimum absolute atomic E-state index is 0.302. The Bertz CT molecular complexity index is 453. The van der Waals surface area contributed by atoms with Crippen LogP contribution in [0.15, 0.2) is 6.07 Å². The molecule has 0 radical (unpaired) electrons. The SMILES string of the molecule is CC(C)(C)OC(=O)c1cc(C2CCCCC2)sc1N. The van der Waals surface area contributed by atoms with E-state index >= 15 is 0 Å². The third-order valence-electron chi connectivity index (χ3n) is 3.41. The smallest absolute Gasteiger partial charge is 0.341 e. The second-order valence-electron chi connectivity index (χ2n) is 6.26. The Balaban J connectivity index is 2.14. The van der Waals surface area contributed by atoms with Crippen LogP contribution >= 0.6 is 11.3 Å². The van der Waals surface area contributed by atoms with Crippen molar-refractivity contribution in [3.05, 3.63) is 16.5 Å². The van der Waals surface area contributed by atoms with Gasteiger partial charge in [-0.05, 0) is 45.6 Å². The van der Waals surface area contributed by atoms with Crippen molar-refractivity contribution in [2.75, 3.05) is 5.73 Å². The Hall–Kier alpha value is -1.03. The fourth-order valence-electron chi connectivity index (χ4n) is 2.51. The van der Waals surface area contributed by atoms with E-state index < -0.39 is 5.60 Å². The number of ether oxygens (including phenoxy) is 1. The zero-order valence-corrected chi connectivity index (χ0v) is 12.8. The number of nitrogens with two attached hydrogens (primary N) is 1. The van der Waals surface area contributed by atoms with Crippen LogP contribution in [0.4, 0.5) is 5.00 Å². The summed E-state index contributed by atoms with van der Waals surface area (Å²) in [7, 11) is 0. The first kappa shape index (κ1) is 14.4. The van der Waals surface area contributed by atoms with Crippen molar-refractivity contribution in [2.45, 2.75) is 64.4 Å². The molecule has 0 bridgehead atoms. The average Bonchev–Trinajstić information content (AvgIpc) is 2.70. The predicted octanol–water partition coefficient (Wildman–Crippen LogP) is 4.33. The van der Waals surface area contributed by atoms with E-state index in [4.69, 9.17) is 10.5 Å². The van der Waals surface area contributed by atoms with Crippen LogP contribution in [0.5, 0.6) is 0 Å². The van der Waals surface area contributed by atoms with Gasteiger partial charge in [-0.15, -0.1) is 11.3 Å². The molecule has 0 unspecified atom stereocenters. The molecular weight excluding hydrogens is 258 g/mol. The van der Waals surface area contributed by atoms with E-state index in [1.54, 1.807) is 11.3 Å². The molecule has 3 nitrogen and oxygen atoms in total. The Morgan fingerprint density at radius 3 is 2.53 bits per heavy atom. The molecule has 1 fully saturated rings. The molecule has 19 heavy (non-hydrogen) atoms. The van der Waals surface area contributed by atoms with E-state index in [-0.39, 0.29) is 5.97 Å². The van der Waals surface area contributed by atoms with Crippen molar-refractivity contribution in [2.24, 2.45) is 0 Å². The summed E-state index contributed by atoms with van der Waals surface area (Å²) in [6.45, 7) is 5.61. The van der Waals surface area contributed by atoms with Gasteiger partial charge in [0.25, 0.3) is 0 Å². The van der Waals surface area contributed by atoms with Crippen LogP contribution in [0.2, 0.25) is 0 Å². The summed E-state index contributed by atoms with van der Waals surface area (Å²) in [5.41, 5.74) is 6.05. The summed E-state index contributed by atoms with van der Waals surface area (Å²) >= 11 is 1.55. The Morgan fingerprint density at radius 2 is 1.95 bits per heavy atom. The maximum atomic E-state index is 12.1. The minimum Gasteiger partial charge on any atom is -0.456 e. The fraction of sp³-hybridized carbons (Fsp3) is 0.667. The van der Waals surface area contributed by atoms with Crippen molar-refractivity contribution in [1.82, 2.24) is 0 Å². The van der Waals surface area contributed by atoms with Crippen molar-refractivity contribution < 1.29 is 9.53 Å². The predicted molar refractivity (Wildman–Crippen MR) is 79.7 cm³/mol. The van der Waals surface area contributed by atoms with Gasteiger partial charge < -0.3 is 10.5 Å². The Labute approximate surface area is 119 Å². The molecule has 0 atom stereocenters. The molecule has 1 aromatic rings. The van der Waals surface area contributed by atoms with Crippen LogP contribution in [0, 0.1) is 0 Å². The second-order valence-corrected chi connectivity index (χ2v) is 7.38. The van der Waals surface area contributed by atoms with Gasteiger partial charge >= 0.3 is 5.97 Å². The van der Waals surface area contributed by atoms with Crippen molar-refractivity contribution in [3.63, 3.8) is 0 Å². The molecule has 0 spiro atoms. The summed E-state index contributed by atoms with van der Waals surface area (Å²) in [5, 5.41) is 0.592. The van der Waals surface area contributed by atoms with Crippen molar-refractivity contribution in [1.29, 1.82) is 0 Å². The van der Waals surface area contributed by atoms with Crippen LogP contribution < -0.4 is 5.73 Å². The van der Waals surface area contributed by atoms with E-state index in [2.05, 4.69) is 0 Å². The molecule has 1 aliphatic rings. The first-order valence-electron chi connectivity index (χ1n) is 6.99. The third-order valence-corrected chi connectivity index (χ3v) is 4.53. The lowest BCUT2D eigenvalue weighted by atomic mass is 9.88. The van der Waals surface area contributed by atoms with Gasteiger partial charge in [0.05, 0.1) is 5.56 Å². The summed E-state index contributed by atoms with van der Waals surface area (Å²) in [5.74, 6) is 0.278. The van der Waals surface area contributed by atoms with E-state index in [0.29, 0.717) is 16.5 Å². The zero-order valence-electron chi connectivity index (χ0n) is 12.0. The number of nitrogen functional groups attached to an aromatic ring is 1. The molecule has 4 heteroatoms. The number of carbonyl (C=O) groups excluding carboxylic acids is 1. The summed E-state index contributed by atoms with van der Waals surface area (Å²) < 4.78 is 5.39. The summed E-state index contributed by atoms with van der Waals surface area (Å²) in [4.78, 5) is 13.3. The molecular formula is C15H23NO2S. The molecule has 1 saturated carbocycles. The first-order chi connectivity index (χ1) is 8.87. The number of anilines is 1. The minimum atomic E-state index is -0.476. The summed E-state index contributed by atoms with van der Waals surface area (Å²) in [6.07, 6.45) is 6.33.